The maximum absolute atomic E-state index is 8.97. The Bertz CT molecular complexity index is 358. The first kappa shape index (κ1) is 11.3. The highest BCUT2D eigenvalue weighted by atomic mass is 79.9. The Morgan fingerprint density at radius 2 is 2.21 bits per heavy atom. The number of hydrogen-bond acceptors (Lipinski definition) is 1. The first-order valence-electron chi connectivity index (χ1n) is 4.88. The Kier molecular flexibility index (Phi) is 3.77. The van der Waals surface area contributed by atoms with Crippen molar-refractivity contribution >= 4 is 15.9 Å². The average molecular weight is 255 g/mol. The fourth-order valence-electron chi connectivity index (χ4n) is 1.58. The minimum absolute atomic E-state index is 0.562. The molecule has 0 aliphatic carbocycles. The summed E-state index contributed by atoms with van der Waals surface area (Å²) in [6, 6.07) is 4.13. The molecule has 14 heavy (non-hydrogen) atoms. The van der Waals surface area contributed by atoms with E-state index in [4.69, 9.17) is 5.26 Å². The number of aromatic nitrogens is 1. The van der Waals surface area contributed by atoms with Gasteiger partial charge in [0.15, 0.2) is 0 Å². The van der Waals surface area contributed by atoms with E-state index in [2.05, 4.69) is 47.3 Å². The van der Waals surface area contributed by atoms with Gasteiger partial charge in [-0.2, -0.15) is 5.26 Å². The van der Waals surface area contributed by atoms with Gasteiger partial charge in [-0.1, -0.05) is 20.8 Å². The van der Waals surface area contributed by atoms with Crippen molar-refractivity contribution in [2.45, 2.75) is 33.7 Å². The molecule has 1 heterocycles. The van der Waals surface area contributed by atoms with Crippen molar-refractivity contribution in [3.63, 3.8) is 0 Å². The maximum atomic E-state index is 8.97. The van der Waals surface area contributed by atoms with E-state index in [9.17, 15) is 0 Å². The van der Waals surface area contributed by atoms with Gasteiger partial charge in [0, 0.05) is 16.7 Å². The Labute approximate surface area is 93.7 Å². The molecule has 1 rings (SSSR count). The molecule has 1 aromatic rings. The molecule has 0 amide bonds. The monoisotopic (exact) mass is 254 g/mol. The van der Waals surface area contributed by atoms with Gasteiger partial charge in [-0.15, -0.1) is 0 Å². The largest absolute Gasteiger partial charge is 0.335 e. The molecule has 0 atom stereocenters. The van der Waals surface area contributed by atoms with Crippen LogP contribution in [0.3, 0.4) is 0 Å². The van der Waals surface area contributed by atoms with E-state index >= 15 is 0 Å². The van der Waals surface area contributed by atoms with Crippen LogP contribution in [-0.4, -0.2) is 4.57 Å². The third kappa shape index (κ3) is 2.19. The van der Waals surface area contributed by atoms with E-state index in [1.165, 1.54) is 5.69 Å². The number of hydrogen-bond donors (Lipinski definition) is 0. The van der Waals surface area contributed by atoms with Crippen LogP contribution in [0, 0.1) is 17.2 Å². The highest BCUT2D eigenvalue weighted by Gasteiger charge is 2.12. The molecule has 0 unspecified atom stereocenters. The van der Waals surface area contributed by atoms with E-state index in [1.54, 1.807) is 0 Å². The number of halogens is 1. The summed E-state index contributed by atoms with van der Waals surface area (Å²) in [4.78, 5) is 0. The third-order valence-corrected chi connectivity index (χ3v) is 2.84. The summed E-state index contributed by atoms with van der Waals surface area (Å²) in [6.07, 6.45) is 0.953. The van der Waals surface area contributed by atoms with E-state index in [0.29, 0.717) is 5.92 Å². The molecule has 0 radical (unpaired) electrons. The van der Waals surface area contributed by atoms with E-state index in [1.807, 2.05) is 6.07 Å². The number of rotatable bonds is 3. The summed E-state index contributed by atoms with van der Waals surface area (Å²) in [6.45, 7) is 7.35. The summed E-state index contributed by atoms with van der Waals surface area (Å²) < 4.78 is 3.16. The summed E-state index contributed by atoms with van der Waals surface area (Å²) in [5, 5.41) is 8.97. The van der Waals surface area contributed by atoms with Crippen molar-refractivity contribution < 1.29 is 0 Å². The van der Waals surface area contributed by atoms with Crippen LogP contribution in [0.4, 0.5) is 0 Å². The number of nitrogens with zero attached hydrogens (tertiary/aromatic N) is 2. The van der Waals surface area contributed by atoms with E-state index in [0.717, 1.165) is 23.1 Å². The fourth-order valence-corrected chi connectivity index (χ4v) is 2.29. The molecule has 1 aromatic heterocycles. The lowest BCUT2D eigenvalue weighted by Gasteiger charge is -2.11. The molecule has 0 bridgehead atoms. The SMILES string of the molecule is CCc1c(Br)cc(C#N)n1CC(C)C. The smallest absolute Gasteiger partial charge is 0.121 e. The fraction of sp³-hybridized carbons (Fsp3) is 0.545. The van der Waals surface area contributed by atoms with Crippen molar-refractivity contribution in [3.05, 3.63) is 21.9 Å². The standard InChI is InChI=1S/C11H15BrN2/c1-4-11-10(12)5-9(6-13)14(11)7-8(2)3/h5,8H,4,7H2,1-3H3. The van der Waals surface area contributed by atoms with Gasteiger partial charge in [0.1, 0.15) is 11.8 Å². The Hall–Kier alpha value is -0.750. The van der Waals surface area contributed by atoms with Crippen LogP contribution in [-0.2, 0) is 13.0 Å². The molecule has 0 fully saturated rings. The normalized spacial score (nSPS) is 10.6. The lowest BCUT2D eigenvalue weighted by molar-refractivity contribution is 0.508. The van der Waals surface area contributed by atoms with Gasteiger partial charge in [-0.25, -0.2) is 0 Å². The summed E-state index contributed by atoms with van der Waals surface area (Å²) >= 11 is 3.49. The van der Waals surface area contributed by atoms with Crippen LogP contribution in [0.25, 0.3) is 0 Å². The third-order valence-electron chi connectivity index (χ3n) is 2.15. The summed E-state index contributed by atoms with van der Waals surface area (Å²) in [7, 11) is 0. The second-order valence-corrected chi connectivity index (χ2v) is 4.65. The first-order chi connectivity index (χ1) is 6.60. The molecule has 0 saturated heterocycles. The molecular weight excluding hydrogens is 240 g/mol. The van der Waals surface area contributed by atoms with Gasteiger partial charge >= 0.3 is 0 Å². The zero-order valence-corrected chi connectivity index (χ0v) is 10.4. The molecular formula is C11H15BrN2. The molecule has 0 aliphatic rings. The molecule has 0 saturated carbocycles. The second kappa shape index (κ2) is 4.65. The van der Waals surface area contributed by atoms with Crippen molar-refractivity contribution in [1.29, 1.82) is 5.26 Å². The second-order valence-electron chi connectivity index (χ2n) is 3.79. The molecule has 3 heteroatoms. The average Bonchev–Trinajstić information content (AvgIpc) is 2.41. The quantitative estimate of drug-likeness (QED) is 0.814. The first-order valence-corrected chi connectivity index (χ1v) is 5.67. The van der Waals surface area contributed by atoms with Crippen LogP contribution in [0.2, 0.25) is 0 Å². The molecule has 0 N–H and O–H groups in total. The van der Waals surface area contributed by atoms with Gasteiger partial charge in [-0.3, -0.25) is 0 Å². The van der Waals surface area contributed by atoms with Gasteiger partial charge in [0.2, 0.25) is 0 Å². The molecule has 0 aromatic carbocycles. The van der Waals surface area contributed by atoms with E-state index in [-0.39, 0.29) is 0 Å². The van der Waals surface area contributed by atoms with Crippen LogP contribution >= 0.6 is 15.9 Å². The Morgan fingerprint density at radius 3 is 2.64 bits per heavy atom. The summed E-state index contributed by atoms with van der Waals surface area (Å²) in [5.41, 5.74) is 1.97. The Morgan fingerprint density at radius 1 is 1.57 bits per heavy atom. The molecule has 0 aliphatic heterocycles. The van der Waals surface area contributed by atoms with Crippen molar-refractivity contribution in [2.75, 3.05) is 0 Å². The van der Waals surface area contributed by atoms with E-state index < -0.39 is 0 Å². The van der Waals surface area contributed by atoms with Gasteiger partial charge in [0.05, 0.1) is 0 Å². The molecule has 0 spiro atoms. The molecule has 76 valence electrons. The lowest BCUT2D eigenvalue weighted by atomic mass is 10.2. The number of nitriles is 1. The van der Waals surface area contributed by atoms with Crippen molar-refractivity contribution in [3.8, 4) is 6.07 Å². The van der Waals surface area contributed by atoms with Crippen LogP contribution in [0.15, 0.2) is 10.5 Å². The van der Waals surface area contributed by atoms with Crippen LogP contribution in [0.1, 0.15) is 32.2 Å². The van der Waals surface area contributed by atoms with Gasteiger partial charge in [-0.05, 0) is 34.3 Å². The van der Waals surface area contributed by atoms with Gasteiger partial charge < -0.3 is 4.57 Å². The predicted molar refractivity (Wildman–Crippen MR) is 61.1 cm³/mol. The highest BCUT2D eigenvalue weighted by Crippen LogP contribution is 2.23. The predicted octanol–water partition coefficient (Wildman–Crippen LogP) is 3.34. The molecule has 2 nitrogen and oxygen atoms in total. The Balaban J connectivity index is 3.16. The minimum atomic E-state index is 0.562. The topological polar surface area (TPSA) is 28.7 Å². The lowest BCUT2D eigenvalue weighted by Crippen LogP contribution is -2.09. The summed E-state index contributed by atoms with van der Waals surface area (Å²) in [5.74, 6) is 0.562. The van der Waals surface area contributed by atoms with Gasteiger partial charge in [0.25, 0.3) is 0 Å². The maximum Gasteiger partial charge on any atom is 0.121 e. The van der Waals surface area contributed by atoms with Crippen LogP contribution < -0.4 is 0 Å². The zero-order valence-electron chi connectivity index (χ0n) is 8.84. The minimum Gasteiger partial charge on any atom is -0.335 e. The van der Waals surface area contributed by atoms with Crippen molar-refractivity contribution in [1.82, 2.24) is 4.57 Å². The van der Waals surface area contributed by atoms with Crippen molar-refractivity contribution in [2.24, 2.45) is 5.92 Å². The van der Waals surface area contributed by atoms with Crippen LogP contribution in [0.5, 0.6) is 0 Å². The zero-order chi connectivity index (χ0) is 10.7. The highest BCUT2D eigenvalue weighted by molar-refractivity contribution is 9.10.